The van der Waals surface area contributed by atoms with Crippen LogP contribution in [0.1, 0.15) is 18.0 Å². The Morgan fingerprint density at radius 1 is 1.23 bits per heavy atom. The van der Waals surface area contributed by atoms with Crippen LogP contribution in [0.4, 0.5) is 4.39 Å². The van der Waals surface area contributed by atoms with E-state index in [0.717, 1.165) is 17.1 Å². The van der Waals surface area contributed by atoms with Crippen molar-refractivity contribution in [3.05, 3.63) is 66.5 Å². The van der Waals surface area contributed by atoms with Gasteiger partial charge in [-0.05, 0) is 49.2 Å². The number of furan rings is 1. The average Bonchev–Trinajstić information content (AvgIpc) is 3.48. The Morgan fingerprint density at radius 3 is 2.87 bits per heavy atom. The summed E-state index contributed by atoms with van der Waals surface area (Å²) in [5.74, 6) is 0.155. The number of fused-ring (bicyclic) bond motifs is 1. The first-order valence-corrected chi connectivity index (χ1v) is 11.0. The van der Waals surface area contributed by atoms with Gasteiger partial charge in [-0.15, -0.1) is 0 Å². The molecule has 0 amide bonds. The fourth-order valence-corrected chi connectivity index (χ4v) is 5.40. The minimum atomic E-state index is -3.80. The van der Waals surface area contributed by atoms with Crippen LogP contribution in [0.15, 0.2) is 64.4 Å². The van der Waals surface area contributed by atoms with Crippen LogP contribution in [-0.4, -0.2) is 40.3 Å². The van der Waals surface area contributed by atoms with E-state index in [4.69, 9.17) is 4.42 Å². The molecule has 30 heavy (non-hydrogen) atoms. The molecule has 0 N–H and O–H groups in total. The van der Waals surface area contributed by atoms with Crippen LogP contribution in [-0.2, 0) is 10.0 Å². The van der Waals surface area contributed by atoms with Gasteiger partial charge in [-0.2, -0.15) is 4.31 Å². The molecule has 7 nitrogen and oxygen atoms in total. The molecule has 1 fully saturated rings. The van der Waals surface area contributed by atoms with Crippen LogP contribution in [0, 0.1) is 12.7 Å². The Hall–Kier alpha value is -3.04. The smallest absolute Gasteiger partial charge is 0.243 e. The minimum Gasteiger partial charge on any atom is -0.472 e. The van der Waals surface area contributed by atoms with Crippen LogP contribution < -0.4 is 0 Å². The molecule has 5 rings (SSSR count). The molecule has 0 spiro atoms. The van der Waals surface area contributed by atoms with Crippen molar-refractivity contribution in [2.45, 2.75) is 24.3 Å². The quantitative estimate of drug-likeness (QED) is 0.496. The molecule has 1 aromatic carbocycles. The standard InChI is InChI=1S/C21H19FN4O3S/c1-14-4-5-17(11-18(14)22)30(27,28)25-9-6-16(12-25)26-20(15-7-10-29-13-15)24-19-3-2-8-23-21(19)26/h2-5,7-8,10-11,13,16H,6,9,12H2,1H3/t16-/m0/s1. The van der Waals surface area contributed by atoms with Gasteiger partial charge in [-0.1, -0.05) is 6.07 Å². The van der Waals surface area contributed by atoms with Gasteiger partial charge in [0.2, 0.25) is 10.0 Å². The highest BCUT2D eigenvalue weighted by Gasteiger charge is 2.35. The maximum Gasteiger partial charge on any atom is 0.243 e. The topological polar surface area (TPSA) is 81.2 Å². The number of rotatable bonds is 4. The summed E-state index contributed by atoms with van der Waals surface area (Å²) in [6.45, 7) is 2.19. The summed E-state index contributed by atoms with van der Waals surface area (Å²) in [7, 11) is -3.80. The molecule has 1 saturated heterocycles. The Morgan fingerprint density at radius 2 is 2.10 bits per heavy atom. The third-order valence-corrected chi connectivity index (χ3v) is 7.36. The van der Waals surface area contributed by atoms with E-state index in [1.54, 1.807) is 25.6 Å². The van der Waals surface area contributed by atoms with Crippen molar-refractivity contribution >= 4 is 21.2 Å². The summed E-state index contributed by atoms with van der Waals surface area (Å²) in [5, 5.41) is 0. The number of hydrogen-bond acceptors (Lipinski definition) is 5. The third kappa shape index (κ3) is 3.01. The van der Waals surface area contributed by atoms with Gasteiger partial charge in [-0.3, -0.25) is 0 Å². The van der Waals surface area contributed by atoms with Crippen LogP contribution >= 0.6 is 0 Å². The van der Waals surface area contributed by atoms with Crippen molar-refractivity contribution in [1.82, 2.24) is 18.8 Å². The highest BCUT2D eigenvalue weighted by atomic mass is 32.2. The molecule has 0 bridgehead atoms. The van der Waals surface area contributed by atoms with E-state index in [-0.39, 0.29) is 17.5 Å². The Labute approximate surface area is 172 Å². The van der Waals surface area contributed by atoms with E-state index in [1.165, 1.54) is 16.4 Å². The van der Waals surface area contributed by atoms with E-state index in [9.17, 15) is 12.8 Å². The lowest BCUT2D eigenvalue weighted by molar-refractivity contribution is 0.454. The maximum absolute atomic E-state index is 14.0. The van der Waals surface area contributed by atoms with Crippen molar-refractivity contribution in [3.8, 4) is 11.4 Å². The zero-order valence-corrected chi connectivity index (χ0v) is 17.0. The molecule has 0 unspecified atom stereocenters. The van der Waals surface area contributed by atoms with E-state index in [0.29, 0.717) is 30.0 Å². The molecule has 3 aromatic heterocycles. The van der Waals surface area contributed by atoms with E-state index < -0.39 is 15.8 Å². The summed E-state index contributed by atoms with van der Waals surface area (Å²) >= 11 is 0. The van der Waals surface area contributed by atoms with Gasteiger partial charge in [-0.25, -0.2) is 22.8 Å². The Kier molecular flexibility index (Phi) is 4.44. The molecule has 1 aliphatic rings. The molecule has 0 saturated carbocycles. The fourth-order valence-electron chi connectivity index (χ4n) is 3.89. The maximum atomic E-state index is 14.0. The van der Waals surface area contributed by atoms with Crippen LogP contribution in [0.5, 0.6) is 0 Å². The number of nitrogens with zero attached hydrogens (tertiary/aromatic N) is 4. The monoisotopic (exact) mass is 426 g/mol. The third-order valence-electron chi connectivity index (χ3n) is 5.50. The molecular weight excluding hydrogens is 407 g/mol. The zero-order valence-electron chi connectivity index (χ0n) is 16.2. The first kappa shape index (κ1) is 19.0. The number of pyridine rings is 1. The van der Waals surface area contributed by atoms with E-state index in [2.05, 4.69) is 9.97 Å². The molecule has 154 valence electrons. The fraction of sp³-hybridized carbons (Fsp3) is 0.238. The Bertz CT molecular complexity index is 1330. The number of halogens is 1. The lowest BCUT2D eigenvalue weighted by atomic mass is 10.2. The van der Waals surface area contributed by atoms with Gasteiger partial charge in [0.1, 0.15) is 23.4 Å². The molecule has 9 heteroatoms. The highest BCUT2D eigenvalue weighted by molar-refractivity contribution is 7.89. The van der Waals surface area contributed by atoms with Crippen LogP contribution in [0.3, 0.4) is 0 Å². The van der Waals surface area contributed by atoms with E-state index in [1.807, 2.05) is 22.8 Å². The number of sulfonamides is 1. The normalized spacial score (nSPS) is 17.7. The number of benzene rings is 1. The number of imidazole rings is 1. The Balaban J connectivity index is 1.53. The average molecular weight is 426 g/mol. The number of aromatic nitrogens is 3. The van der Waals surface area contributed by atoms with Crippen LogP contribution in [0.25, 0.3) is 22.6 Å². The van der Waals surface area contributed by atoms with Crippen molar-refractivity contribution in [3.63, 3.8) is 0 Å². The molecule has 0 radical (unpaired) electrons. The lowest BCUT2D eigenvalue weighted by Gasteiger charge is -2.18. The number of aryl methyl sites for hydroxylation is 1. The van der Waals surface area contributed by atoms with Gasteiger partial charge in [0, 0.05) is 19.3 Å². The summed E-state index contributed by atoms with van der Waals surface area (Å²) in [4.78, 5) is 9.13. The zero-order chi connectivity index (χ0) is 20.9. The predicted octanol–water partition coefficient (Wildman–Crippen LogP) is 3.77. The molecule has 4 heterocycles. The predicted molar refractivity (Wildman–Crippen MR) is 109 cm³/mol. The first-order chi connectivity index (χ1) is 14.4. The second-order valence-corrected chi connectivity index (χ2v) is 9.32. The van der Waals surface area contributed by atoms with E-state index >= 15 is 0 Å². The first-order valence-electron chi connectivity index (χ1n) is 9.57. The van der Waals surface area contributed by atoms with Crippen LogP contribution in [0.2, 0.25) is 0 Å². The van der Waals surface area contributed by atoms with Gasteiger partial charge >= 0.3 is 0 Å². The number of hydrogen-bond donors (Lipinski definition) is 0. The van der Waals surface area contributed by atoms with Crippen molar-refractivity contribution in [2.24, 2.45) is 0 Å². The summed E-state index contributed by atoms with van der Waals surface area (Å²) in [5.41, 5.74) is 2.64. The van der Waals surface area contributed by atoms with Crippen molar-refractivity contribution < 1.29 is 17.2 Å². The lowest BCUT2D eigenvalue weighted by Crippen LogP contribution is -2.29. The van der Waals surface area contributed by atoms with Gasteiger partial charge in [0.25, 0.3) is 0 Å². The molecule has 1 atom stereocenters. The molecular formula is C21H19FN4O3S. The highest BCUT2D eigenvalue weighted by Crippen LogP contribution is 2.34. The largest absolute Gasteiger partial charge is 0.472 e. The summed E-state index contributed by atoms with van der Waals surface area (Å²) in [6, 6.07) is 9.38. The van der Waals surface area contributed by atoms with Gasteiger partial charge in [0.15, 0.2) is 5.65 Å². The van der Waals surface area contributed by atoms with Crippen molar-refractivity contribution in [2.75, 3.05) is 13.1 Å². The second-order valence-electron chi connectivity index (χ2n) is 7.38. The summed E-state index contributed by atoms with van der Waals surface area (Å²) < 4.78 is 48.8. The SMILES string of the molecule is Cc1ccc(S(=O)(=O)N2CC[C@H](n3c(-c4ccoc4)nc4cccnc43)C2)cc1F. The minimum absolute atomic E-state index is 0.0325. The van der Waals surface area contributed by atoms with Gasteiger partial charge < -0.3 is 8.98 Å². The van der Waals surface area contributed by atoms with Crippen molar-refractivity contribution in [1.29, 1.82) is 0 Å². The molecule has 4 aromatic rings. The summed E-state index contributed by atoms with van der Waals surface area (Å²) in [6.07, 6.45) is 5.47. The second kappa shape index (κ2) is 7.03. The molecule has 1 aliphatic heterocycles. The molecule has 0 aliphatic carbocycles. The van der Waals surface area contributed by atoms with Gasteiger partial charge in [0.05, 0.1) is 22.8 Å².